The highest BCUT2D eigenvalue weighted by molar-refractivity contribution is 7.92. The third-order valence-electron chi connectivity index (χ3n) is 10.7. The van der Waals surface area contributed by atoms with Gasteiger partial charge in [0.25, 0.3) is 0 Å². The minimum absolute atomic E-state index is 0.00806. The lowest BCUT2D eigenvalue weighted by Crippen LogP contribution is -2.53. The van der Waals surface area contributed by atoms with E-state index in [2.05, 4.69) is 13.8 Å². The zero-order chi connectivity index (χ0) is 56.3. The van der Waals surface area contributed by atoms with E-state index < -0.39 is 113 Å². The van der Waals surface area contributed by atoms with E-state index in [1.165, 1.54) is 73.2 Å². The molecule has 10 atom stereocenters. The molecule has 6 rings (SSSR count). The predicted octanol–water partition coefficient (Wildman–Crippen LogP) is 9.34. The van der Waals surface area contributed by atoms with Crippen LogP contribution in [0, 0.1) is 0 Å². The molecule has 75 heavy (non-hydrogen) atoms. The number of ether oxygens (including phenoxy) is 3. The van der Waals surface area contributed by atoms with Gasteiger partial charge in [-0.15, -0.1) is 0 Å². The van der Waals surface area contributed by atoms with Crippen molar-refractivity contribution in [2.45, 2.75) is 171 Å². The maximum absolute atomic E-state index is 15.2. The Hall–Kier alpha value is -4.04. The van der Waals surface area contributed by atoms with E-state index in [0.717, 1.165) is 12.8 Å². The molecule has 0 aromatic heterocycles. The van der Waals surface area contributed by atoms with Crippen molar-refractivity contribution in [2.75, 3.05) is 6.01 Å². The third-order valence-corrected chi connectivity index (χ3v) is 20.2. The molecular weight excluding hydrogens is 1100 g/mol. The summed E-state index contributed by atoms with van der Waals surface area (Å²) >= 11 is 0. The molecule has 15 nitrogen and oxygen atoms in total. The SMILES string of the molecule is CC(C)(C)[S@@](=O)N=C[C@@H]1CCC=CO1.CC(C)(C)[S@@](=O)N[C@@H]([C@@H]1CCC=CO1)[C@@H](F)S(=O)(=O)c1ccccc1.CC(C)(C)[S@@](=O)N[C@@H]([C@@H]1CCC=CO1)[C@H](F)S(=O)(=O)c1ccccc1.O=S(=O)(CF)c1ccccc1. The molecule has 3 aliphatic heterocycles. The number of hydrogen-bond acceptors (Lipinski definition) is 12. The van der Waals surface area contributed by atoms with Gasteiger partial charge in [-0.25, -0.2) is 60.5 Å². The van der Waals surface area contributed by atoms with E-state index in [4.69, 9.17) is 14.2 Å². The number of hydrogen-bond donors (Lipinski definition) is 2. The second kappa shape index (κ2) is 29.6. The van der Waals surface area contributed by atoms with Crippen molar-refractivity contribution in [1.29, 1.82) is 0 Å². The van der Waals surface area contributed by atoms with E-state index >= 15 is 8.78 Å². The van der Waals surface area contributed by atoms with Gasteiger partial charge in [-0.1, -0.05) is 54.6 Å². The highest BCUT2D eigenvalue weighted by Gasteiger charge is 2.44. The predicted molar refractivity (Wildman–Crippen MR) is 292 cm³/mol. The van der Waals surface area contributed by atoms with Gasteiger partial charge in [0.15, 0.2) is 6.01 Å². The van der Waals surface area contributed by atoms with Crippen LogP contribution in [-0.2, 0) is 76.7 Å². The summed E-state index contributed by atoms with van der Waals surface area (Å²) in [6, 6.07) is 18.6. The van der Waals surface area contributed by atoms with Crippen molar-refractivity contribution in [3.05, 3.63) is 128 Å². The Kier molecular flexibility index (Phi) is 25.8. The van der Waals surface area contributed by atoms with Crippen molar-refractivity contribution in [3.63, 3.8) is 0 Å². The molecule has 0 bridgehead atoms. The highest BCUT2D eigenvalue weighted by Crippen LogP contribution is 2.29. The fourth-order valence-electron chi connectivity index (χ4n) is 6.33. The van der Waals surface area contributed by atoms with E-state index in [9.17, 15) is 42.3 Å². The summed E-state index contributed by atoms with van der Waals surface area (Å²) in [5, 5.41) is 0. The third kappa shape index (κ3) is 21.0. The Morgan fingerprint density at radius 2 is 0.907 bits per heavy atom. The maximum atomic E-state index is 15.2. The van der Waals surface area contributed by atoms with Crippen molar-refractivity contribution < 1.29 is 65.3 Å². The van der Waals surface area contributed by atoms with Gasteiger partial charge in [-0.3, -0.25) is 0 Å². The Morgan fingerprint density at radius 3 is 1.20 bits per heavy atom. The lowest BCUT2D eigenvalue weighted by atomic mass is 10.1. The fourth-order valence-corrected chi connectivity index (χ4v) is 12.4. The number of nitrogens with one attached hydrogen (secondary N) is 2. The van der Waals surface area contributed by atoms with Crippen LogP contribution in [-0.4, -0.2) is 106 Å². The van der Waals surface area contributed by atoms with Crippen LogP contribution in [0.25, 0.3) is 0 Å². The first-order valence-electron chi connectivity index (χ1n) is 23.9. The molecule has 0 fully saturated rings. The lowest BCUT2D eigenvalue weighted by molar-refractivity contribution is 0.0764. The molecule has 3 aromatic rings. The number of halogens is 3. The van der Waals surface area contributed by atoms with Gasteiger partial charge < -0.3 is 14.2 Å². The first-order valence-corrected chi connectivity index (χ1v) is 32.0. The molecule has 0 saturated carbocycles. The Labute approximate surface area is 450 Å². The van der Waals surface area contributed by atoms with Crippen molar-refractivity contribution in [3.8, 4) is 0 Å². The number of rotatable bonds is 16. The summed E-state index contributed by atoms with van der Waals surface area (Å²) in [5.41, 5.74) is -4.56. The molecule has 0 amide bonds. The van der Waals surface area contributed by atoms with Crippen LogP contribution in [0.2, 0.25) is 0 Å². The minimum Gasteiger partial charge on any atom is -0.497 e. The smallest absolute Gasteiger partial charge is 0.224 e. The molecule has 3 aromatic carbocycles. The minimum atomic E-state index is -4.25. The quantitative estimate of drug-likeness (QED) is 0.128. The molecule has 0 spiro atoms. The Morgan fingerprint density at radius 1 is 0.560 bits per heavy atom. The normalized spacial score (nSPS) is 21.0. The van der Waals surface area contributed by atoms with Crippen LogP contribution in [0.5, 0.6) is 0 Å². The molecule has 3 heterocycles. The first kappa shape index (κ1) is 65.2. The van der Waals surface area contributed by atoms with Gasteiger partial charge in [0.1, 0.15) is 41.4 Å². The molecule has 24 heteroatoms. The zero-order valence-corrected chi connectivity index (χ0v) is 48.5. The summed E-state index contributed by atoms with van der Waals surface area (Å²) in [6.07, 6.45) is 14.4. The van der Waals surface area contributed by atoms with Crippen molar-refractivity contribution in [1.82, 2.24) is 9.44 Å². The van der Waals surface area contributed by atoms with Crippen LogP contribution in [0.4, 0.5) is 13.2 Å². The number of benzene rings is 3. The van der Waals surface area contributed by atoms with Crippen molar-refractivity contribution >= 4 is 68.7 Å². The van der Waals surface area contributed by atoms with Gasteiger partial charge in [0.05, 0.1) is 75.9 Å². The standard InChI is InChI=1S/2C17H24FNO4S2.C10H17NO2S.C7H7FO2S/c2*1-17(2,3)24(20)19-15(14-11-7-8-12-23-14)16(18)25(21,22)13-9-5-4-6-10-13;1-10(2,3)14(12)11-8-9-6-4-5-7-13-9;8-6-11(9,10)7-4-2-1-3-5-7/h2*4-6,8-10,12,14-16,19H,7,11H2,1-3H3;5,7-9H,4,6H2,1-3H3;1-5H,6H2/t14-,15-,16+,24+;14-,15-,16-,24+;9-,14+;/m000./s1. The number of alkyl halides is 3. The van der Waals surface area contributed by atoms with Crippen LogP contribution in [0.1, 0.15) is 101 Å². The monoisotopic (exact) mass is 1170 g/mol. The molecule has 420 valence electrons. The van der Waals surface area contributed by atoms with E-state index in [1.54, 1.807) is 96.5 Å². The molecule has 0 unspecified atom stereocenters. The summed E-state index contributed by atoms with van der Waals surface area (Å²) < 4.78 is 175. The molecule has 3 aliphatic rings. The van der Waals surface area contributed by atoms with Crippen LogP contribution in [0.3, 0.4) is 0 Å². The average Bonchev–Trinajstić information content (AvgIpc) is 3.39. The molecule has 0 radical (unpaired) electrons. The summed E-state index contributed by atoms with van der Waals surface area (Å²) in [7, 11) is -16.6. The van der Waals surface area contributed by atoms with Gasteiger partial charge in [-0.2, -0.15) is 4.40 Å². The van der Waals surface area contributed by atoms with Crippen molar-refractivity contribution in [2.24, 2.45) is 4.40 Å². The van der Waals surface area contributed by atoms with Crippen LogP contribution >= 0.6 is 0 Å². The van der Waals surface area contributed by atoms with Gasteiger partial charge >= 0.3 is 0 Å². The molecule has 0 saturated heterocycles. The van der Waals surface area contributed by atoms with Gasteiger partial charge in [-0.05, 0) is 155 Å². The summed E-state index contributed by atoms with van der Waals surface area (Å²) in [5.74, 6) is 0. The zero-order valence-electron chi connectivity index (χ0n) is 43.6. The van der Waals surface area contributed by atoms with E-state index in [0.29, 0.717) is 25.7 Å². The Bertz CT molecular complexity index is 2640. The number of allylic oxidation sites excluding steroid dienone is 3. The molecule has 0 aliphatic carbocycles. The fraction of sp³-hybridized carbons (Fsp3) is 0.510. The van der Waals surface area contributed by atoms with Crippen LogP contribution in [0.15, 0.2) is 147 Å². The molecule has 2 N–H and O–H groups in total. The lowest BCUT2D eigenvalue weighted by Gasteiger charge is -2.32. The summed E-state index contributed by atoms with van der Waals surface area (Å²) in [6.45, 7) is 16.1. The maximum Gasteiger partial charge on any atom is 0.224 e. The second-order valence-electron chi connectivity index (χ2n) is 20.0. The second-order valence-corrected chi connectivity index (χ2v) is 31.9. The summed E-state index contributed by atoms with van der Waals surface area (Å²) in [4.78, 5) is -0.188. The van der Waals surface area contributed by atoms with Gasteiger partial charge in [0, 0.05) is 0 Å². The molecular formula is C51H72F3N3O12S6. The number of nitrogens with zero attached hydrogens (tertiary/aromatic N) is 1. The number of sulfone groups is 3. The highest BCUT2D eigenvalue weighted by atomic mass is 32.2. The van der Waals surface area contributed by atoms with Gasteiger partial charge in [0.2, 0.25) is 40.5 Å². The first-order chi connectivity index (χ1) is 34.9. The average molecular weight is 1170 g/mol. The largest absolute Gasteiger partial charge is 0.497 e. The van der Waals surface area contributed by atoms with E-state index in [-0.39, 0.29) is 25.5 Å². The van der Waals surface area contributed by atoms with E-state index in [1.807, 2.05) is 26.8 Å². The topological polar surface area (TPSA) is 218 Å². The van der Waals surface area contributed by atoms with Crippen LogP contribution < -0.4 is 9.44 Å². The Balaban J connectivity index is 0.000000277.